The maximum absolute atomic E-state index is 12.7. The summed E-state index contributed by atoms with van der Waals surface area (Å²) in [5.41, 5.74) is 1.77. The summed E-state index contributed by atoms with van der Waals surface area (Å²) in [6.07, 6.45) is 1.46. The lowest BCUT2D eigenvalue weighted by molar-refractivity contribution is 0.282. The fourth-order valence-electron chi connectivity index (χ4n) is 3.02. The number of nitrogens with one attached hydrogen (secondary N) is 1. The third kappa shape index (κ3) is 4.23. The molecule has 3 rings (SSSR count). The van der Waals surface area contributed by atoms with Gasteiger partial charge in [-0.3, -0.25) is 0 Å². The monoisotopic (exact) mass is 424 g/mol. The minimum absolute atomic E-state index is 0.0139. The van der Waals surface area contributed by atoms with Crippen LogP contribution in [0.1, 0.15) is 18.4 Å². The van der Waals surface area contributed by atoms with Crippen LogP contribution in [0.4, 0.5) is 5.69 Å². The second-order valence-corrected chi connectivity index (χ2v) is 8.95. The number of halogens is 1. The Balaban J connectivity index is 1.64. The van der Waals surface area contributed by atoms with Crippen molar-refractivity contribution in [2.75, 3.05) is 18.4 Å². The van der Waals surface area contributed by atoms with Crippen molar-refractivity contribution in [3.8, 4) is 0 Å². The van der Waals surface area contributed by atoms with Crippen LogP contribution in [0.15, 0.2) is 57.9 Å². The van der Waals surface area contributed by atoms with Crippen LogP contribution in [-0.4, -0.2) is 37.0 Å². The molecule has 0 aromatic heterocycles. The molecule has 0 bridgehead atoms. The normalized spacial score (nSPS) is 16.7. The standard InChI is InChI=1S/C18H21BrN2O3S/c19-15-5-7-17(8-6-15)25(23,24)21-11-9-16(10-12-21)20-18-4-2-1-3-14(18)13-22/h1-8,16,20,22H,9-13H2. The molecule has 0 aliphatic carbocycles. The van der Waals surface area contributed by atoms with Gasteiger partial charge in [0.25, 0.3) is 0 Å². The number of nitrogens with zero attached hydrogens (tertiary/aromatic N) is 1. The van der Waals surface area contributed by atoms with Crippen molar-refractivity contribution in [2.24, 2.45) is 0 Å². The van der Waals surface area contributed by atoms with E-state index >= 15 is 0 Å². The molecule has 7 heteroatoms. The van der Waals surface area contributed by atoms with Gasteiger partial charge in [-0.2, -0.15) is 4.31 Å². The molecule has 0 radical (unpaired) electrons. The molecule has 1 fully saturated rings. The predicted molar refractivity (Wildman–Crippen MR) is 102 cm³/mol. The van der Waals surface area contributed by atoms with E-state index in [1.807, 2.05) is 24.3 Å². The highest BCUT2D eigenvalue weighted by Crippen LogP contribution is 2.25. The number of hydrogen-bond donors (Lipinski definition) is 2. The van der Waals surface area contributed by atoms with Crippen molar-refractivity contribution in [1.82, 2.24) is 4.31 Å². The number of sulfonamides is 1. The third-order valence-corrected chi connectivity index (χ3v) is 6.89. The minimum atomic E-state index is -3.44. The number of para-hydroxylation sites is 1. The zero-order valence-corrected chi connectivity index (χ0v) is 16.1. The van der Waals surface area contributed by atoms with E-state index < -0.39 is 10.0 Å². The molecule has 2 aromatic rings. The average Bonchev–Trinajstić information content (AvgIpc) is 2.63. The van der Waals surface area contributed by atoms with Crippen LogP contribution in [0, 0.1) is 0 Å². The first-order chi connectivity index (χ1) is 12.0. The smallest absolute Gasteiger partial charge is 0.243 e. The summed E-state index contributed by atoms with van der Waals surface area (Å²) in [6.45, 7) is 0.953. The zero-order chi connectivity index (χ0) is 17.9. The van der Waals surface area contributed by atoms with Gasteiger partial charge in [0.15, 0.2) is 0 Å². The molecule has 2 N–H and O–H groups in total. The van der Waals surface area contributed by atoms with Gasteiger partial charge in [-0.15, -0.1) is 0 Å². The Hall–Kier alpha value is -1.41. The highest BCUT2D eigenvalue weighted by Gasteiger charge is 2.29. The fraction of sp³-hybridized carbons (Fsp3) is 0.333. The van der Waals surface area contributed by atoms with Gasteiger partial charge in [0, 0.05) is 34.9 Å². The Labute approximate surface area is 156 Å². The maximum Gasteiger partial charge on any atom is 0.243 e. The highest BCUT2D eigenvalue weighted by molar-refractivity contribution is 9.10. The third-order valence-electron chi connectivity index (χ3n) is 4.45. The predicted octanol–water partition coefficient (Wildman–Crippen LogP) is 3.21. The van der Waals surface area contributed by atoms with Crippen LogP contribution < -0.4 is 5.32 Å². The average molecular weight is 425 g/mol. The molecule has 0 amide bonds. The van der Waals surface area contributed by atoms with Crippen LogP contribution in [0.3, 0.4) is 0 Å². The summed E-state index contributed by atoms with van der Waals surface area (Å²) in [5, 5.41) is 12.8. The molecule has 1 saturated heterocycles. The number of benzene rings is 2. The molecule has 0 saturated carbocycles. The number of aliphatic hydroxyl groups excluding tert-OH is 1. The van der Waals surface area contributed by atoms with Gasteiger partial charge in [0.1, 0.15) is 0 Å². The summed E-state index contributed by atoms with van der Waals surface area (Å²) < 4.78 is 27.8. The van der Waals surface area contributed by atoms with Crippen LogP contribution in [0.25, 0.3) is 0 Å². The van der Waals surface area contributed by atoms with Crippen molar-refractivity contribution in [1.29, 1.82) is 0 Å². The first kappa shape index (κ1) is 18.4. The van der Waals surface area contributed by atoms with Gasteiger partial charge in [0.05, 0.1) is 11.5 Å². The van der Waals surface area contributed by atoms with Crippen molar-refractivity contribution < 1.29 is 13.5 Å². The summed E-state index contributed by atoms with van der Waals surface area (Å²) in [7, 11) is -3.44. The van der Waals surface area contributed by atoms with Crippen LogP contribution in [-0.2, 0) is 16.6 Å². The largest absolute Gasteiger partial charge is 0.392 e. The summed E-state index contributed by atoms with van der Waals surface area (Å²) >= 11 is 3.32. The number of piperidine rings is 1. The summed E-state index contributed by atoms with van der Waals surface area (Å²) in [4.78, 5) is 0.327. The van der Waals surface area contributed by atoms with Crippen LogP contribution in [0.2, 0.25) is 0 Å². The minimum Gasteiger partial charge on any atom is -0.392 e. The molecule has 2 aromatic carbocycles. The second kappa shape index (κ2) is 7.86. The Kier molecular flexibility index (Phi) is 5.78. The molecule has 134 valence electrons. The second-order valence-electron chi connectivity index (χ2n) is 6.09. The summed E-state index contributed by atoms with van der Waals surface area (Å²) in [6, 6.07) is 14.6. The van der Waals surface area contributed by atoms with Gasteiger partial charge in [-0.05, 0) is 43.2 Å². The first-order valence-corrected chi connectivity index (χ1v) is 10.4. The first-order valence-electron chi connectivity index (χ1n) is 8.22. The Morgan fingerprint density at radius 2 is 1.72 bits per heavy atom. The zero-order valence-electron chi connectivity index (χ0n) is 13.7. The van der Waals surface area contributed by atoms with Gasteiger partial charge in [0.2, 0.25) is 10.0 Å². The van der Waals surface area contributed by atoms with E-state index in [4.69, 9.17) is 0 Å². The quantitative estimate of drug-likeness (QED) is 0.772. The number of aliphatic hydroxyl groups is 1. The van der Waals surface area contributed by atoms with Crippen molar-refractivity contribution in [3.63, 3.8) is 0 Å². The van der Waals surface area contributed by atoms with E-state index in [9.17, 15) is 13.5 Å². The topological polar surface area (TPSA) is 69.6 Å². The number of hydrogen-bond acceptors (Lipinski definition) is 4. The lowest BCUT2D eigenvalue weighted by Gasteiger charge is -2.32. The molecule has 1 heterocycles. The maximum atomic E-state index is 12.7. The molecule has 5 nitrogen and oxygen atoms in total. The molecular formula is C18H21BrN2O3S. The van der Waals surface area contributed by atoms with Crippen molar-refractivity contribution in [3.05, 3.63) is 58.6 Å². The van der Waals surface area contributed by atoms with Gasteiger partial charge >= 0.3 is 0 Å². The lowest BCUT2D eigenvalue weighted by Crippen LogP contribution is -2.42. The van der Waals surface area contributed by atoms with Crippen molar-refractivity contribution >= 4 is 31.6 Å². The highest BCUT2D eigenvalue weighted by atomic mass is 79.9. The van der Waals surface area contributed by atoms with E-state index in [-0.39, 0.29) is 12.6 Å². The van der Waals surface area contributed by atoms with Crippen LogP contribution >= 0.6 is 15.9 Å². The lowest BCUT2D eigenvalue weighted by atomic mass is 10.1. The molecular weight excluding hydrogens is 404 g/mol. The number of rotatable bonds is 5. The molecule has 1 aliphatic heterocycles. The summed E-state index contributed by atoms with van der Waals surface area (Å²) in [5.74, 6) is 0. The molecule has 0 atom stereocenters. The van der Waals surface area contributed by atoms with E-state index in [1.54, 1.807) is 28.6 Å². The molecule has 25 heavy (non-hydrogen) atoms. The van der Waals surface area contributed by atoms with Crippen molar-refractivity contribution in [2.45, 2.75) is 30.4 Å². The van der Waals surface area contributed by atoms with Gasteiger partial charge < -0.3 is 10.4 Å². The molecule has 0 unspecified atom stereocenters. The van der Waals surface area contributed by atoms with E-state index in [0.29, 0.717) is 18.0 Å². The Bertz CT molecular complexity index is 816. The van der Waals surface area contributed by atoms with E-state index in [1.165, 1.54) is 0 Å². The SMILES string of the molecule is O=S(=O)(c1ccc(Br)cc1)N1CCC(Nc2ccccc2CO)CC1. The Morgan fingerprint density at radius 3 is 2.36 bits per heavy atom. The molecule has 1 aliphatic rings. The van der Waals surface area contributed by atoms with Gasteiger partial charge in [-0.1, -0.05) is 34.1 Å². The fourth-order valence-corrected chi connectivity index (χ4v) is 4.75. The molecule has 0 spiro atoms. The van der Waals surface area contributed by atoms with E-state index in [2.05, 4.69) is 21.2 Å². The van der Waals surface area contributed by atoms with E-state index in [0.717, 1.165) is 28.6 Å². The number of anilines is 1. The Morgan fingerprint density at radius 1 is 1.08 bits per heavy atom. The van der Waals surface area contributed by atoms with Gasteiger partial charge in [-0.25, -0.2) is 8.42 Å². The van der Waals surface area contributed by atoms with Crippen LogP contribution in [0.5, 0.6) is 0 Å².